The van der Waals surface area contributed by atoms with Crippen LogP contribution in [0.5, 0.6) is 11.8 Å². The highest BCUT2D eigenvalue weighted by Gasteiger charge is 2.07. The van der Waals surface area contributed by atoms with Gasteiger partial charge >= 0.3 is 0 Å². The van der Waals surface area contributed by atoms with Crippen molar-refractivity contribution in [2.45, 2.75) is 0 Å². The van der Waals surface area contributed by atoms with Gasteiger partial charge in [0.2, 0.25) is 11.8 Å². The fourth-order valence-corrected chi connectivity index (χ4v) is 1.05. The topological polar surface area (TPSA) is 121 Å². The van der Waals surface area contributed by atoms with Crippen LogP contribution in [0.1, 0.15) is 0 Å². The van der Waals surface area contributed by atoms with Crippen LogP contribution in [0.3, 0.4) is 0 Å². The summed E-state index contributed by atoms with van der Waals surface area (Å²) < 4.78 is 10.1. The van der Waals surface area contributed by atoms with Crippen molar-refractivity contribution < 1.29 is 28.7 Å². The lowest BCUT2D eigenvalue weighted by molar-refractivity contribution is -0.134. The molecular formula is C10H14N4O6. The number of ether oxygens (including phenoxy) is 2. The number of hydrogen-bond donors (Lipinski definition) is 2. The molecule has 0 unspecified atom stereocenters. The normalized spacial score (nSPS) is 9.70. The maximum atomic E-state index is 11.1. The van der Waals surface area contributed by atoms with Crippen molar-refractivity contribution in [1.82, 2.24) is 20.9 Å². The van der Waals surface area contributed by atoms with E-state index in [-0.39, 0.29) is 25.0 Å². The Balaban J connectivity index is 2.45. The Bertz CT molecular complexity index is 418. The van der Waals surface area contributed by atoms with E-state index in [0.717, 1.165) is 0 Å². The van der Waals surface area contributed by atoms with Crippen molar-refractivity contribution in [3.05, 3.63) is 12.4 Å². The number of hydrogen-bond acceptors (Lipinski definition) is 8. The average Bonchev–Trinajstić information content (AvgIpc) is 2.44. The molecular weight excluding hydrogens is 272 g/mol. The zero-order chi connectivity index (χ0) is 14.8. The molecule has 0 saturated carbocycles. The van der Waals surface area contributed by atoms with E-state index in [1.165, 1.54) is 26.6 Å². The van der Waals surface area contributed by atoms with Gasteiger partial charge in [-0.2, -0.15) is 0 Å². The first kappa shape index (κ1) is 15.6. The van der Waals surface area contributed by atoms with Crippen LogP contribution in [0.15, 0.2) is 12.4 Å². The first-order valence-corrected chi connectivity index (χ1v) is 5.37. The van der Waals surface area contributed by atoms with E-state index >= 15 is 0 Å². The molecule has 10 nitrogen and oxygen atoms in total. The Kier molecular flexibility index (Phi) is 6.71. The molecule has 0 aliphatic heterocycles. The molecule has 0 bridgehead atoms. The van der Waals surface area contributed by atoms with Gasteiger partial charge < -0.3 is 9.47 Å². The lowest BCUT2D eigenvalue weighted by Gasteiger charge is -2.07. The lowest BCUT2D eigenvalue weighted by Crippen LogP contribution is -2.28. The molecule has 1 aromatic heterocycles. The third-order valence-electron chi connectivity index (χ3n) is 1.75. The van der Waals surface area contributed by atoms with Crippen molar-refractivity contribution in [2.24, 2.45) is 0 Å². The van der Waals surface area contributed by atoms with Crippen molar-refractivity contribution in [3.8, 4) is 11.8 Å². The molecule has 2 N–H and O–H groups in total. The number of rotatable bonds is 8. The molecule has 0 radical (unpaired) electrons. The number of aromatic nitrogens is 2. The first-order valence-electron chi connectivity index (χ1n) is 5.37. The summed E-state index contributed by atoms with van der Waals surface area (Å²) in [5, 5.41) is 0. The van der Waals surface area contributed by atoms with Gasteiger partial charge in [0.25, 0.3) is 11.8 Å². The standard InChI is InChI=1S/C10H14N4O6/c1-17-13-7(15)4-19-9-3-10(12-6-11-9)20-5-8(16)14-18-2/h3,6H,4-5H2,1-2H3,(H,13,15)(H,14,16). The molecule has 0 saturated heterocycles. The van der Waals surface area contributed by atoms with Crippen LogP contribution < -0.4 is 20.4 Å². The van der Waals surface area contributed by atoms with E-state index in [2.05, 4.69) is 30.6 Å². The summed E-state index contributed by atoms with van der Waals surface area (Å²) in [6, 6.07) is 1.33. The molecule has 0 spiro atoms. The molecule has 110 valence electrons. The molecule has 0 atom stereocenters. The largest absolute Gasteiger partial charge is 0.467 e. The summed E-state index contributed by atoms with van der Waals surface area (Å²) in [7, 11) is 2.61. The van der Waals surface area contributed by atoms with Gasteiger partial charge in [-0.1, -0.05) is 0 Å². The third kappa shape index (κ3) is 5.93. The summed E-state index contributed by atoms with van der Waals surface area (Å²) in [4.78, 5) is 38.5. The zero-order valence-electron chi connectivity index (χ0n) is 10.9. The number of nitrogens with one attached hydrogen (secondary N) is 2. The maximum absolute atomic E-state index is 11.1. The second kappa shape index (κ2) is 8.61. The van der Waals surface area contributed by atoms with E-state index in [1.807, 2.05) is 0 Å². The summed E-state index contributed by atoms with van der Waals surface area (Å²) >= 11 is 0. The van der Waals surface area contributed by atoms with Crippen molar-refractivity contribution in [3.63, 3.8) is 0 Å². The molecule has 2 amide bonds. The molecule has 0 aromatic carbocycles. The zero-order valence-corrected chi connectivity index (χ0v) is 10.9. The highest BCUT2D eigenvalue weighted by atomic mass is 16.6. The van der Waals surface area contributed by atoms with E-state index in [0.29, 0.717) is 0 Å². The van der Waals surface area contributed by atoms with E-state index in [9.17, 15) is 9.59 Å². The van der Waals surface area contributed by atoms with Crippen LogP contribution >= 0.6 is 0 Å². The smallest absolute Gasteiger partial charge is 0.281 e. The second-order valence-electron chi connectivity index (χ2n) is 3.23. The Morgan fingerprint density at radius 2 is 1.45 bits per heavy atom. The van der Waals surface area contributed by atoms with Crippen LogP contribution in [0.4, 0.5) is 0 Å². The van der Waals surface area contributed by atoms with Crippen molar-refractivity contribution >= 4 is 11.8 Å². The van der Waals surface area contributed by atoms with E-state index < -0.39 is 11.8 Å². The predicted molar refractivity (Wildman–Crippen MR) is 63.3 cm³/mol. The molecule has 10 heteroatoms. The molecule has 20 heavy (non-hydrogen) atoms. The number of amides is 2. The number of carbonyl (C=O) groups is 2. The van der Waals surface area contributed by atoms with E-state index in [4.69, 9.17) is 9.47 Å². The molecule has 1 aromatic rings. The highest BCUT2D eigenvalue weighted by Crippen LogP contribution is 2.12. The van der Waals surface area contributed by atoms with Gasteiger partial charge in [0.1, 0.15) is 6.33 Å². The van der Waals surface area contributed by atoms with Crippen LogP contribution in [0.25, 0.3) is 0 Å². The minimum absolute atomic E-state index is 0.119. The minimum Gasteiger partial charge on any atom is -0.467 e. The number of hydroxylamine groups is 2. The molecule has 0 fully saturated rings. The van der Waals surface area contributed by atoms with Gasteiger partial charge in [-0.15, -0.1) is 0 Å². The Labute approximate surface area is 114 Å². The maximum Gasteiger partial charge on any atom is 0.281 e. The Morgan fingerprint density at radius 3 is 1.85 bits per heavy atom. The highest BCUT2D eigenvalue weighted by molar-refractivity contribution is 5.76. The summed E-state index contributed by atoms with van der Waals surface area (Å²) in [6.45, 7) is -0.567. The Morgan fingerprint density at radius 1 is 1.00 bits per heavy atom. The molecule has 0 aliphatic rings. The van der Waals surface area contributed by atoms with Gasteiger partial charge in [0.15, 0.2) is 13.2 Å². The van der Waals surface area contributed by atoms with Gasteiger partial charge in [-0.25, -0.2) is 20.9 Å². The predicted octanol–water partition coefficient (Wildman–Crippen LogP) is -1.41. The second-order valence-corrected chi connectivity index (χ2v) is 3.23. The van der Waals surface area contributed by atoms with Gasteiger partial charge in [0.05, 0.1) is 20.3 Å². The Hall–Kier alpha value is -2.46. The summed E-state index contributed by atoms with van der Waals surface area (Å²) in [6.07, 6.45) is 1.17. The van der Waals surface area contributed by atoms with Crippen LogP contribution in [-0.2, 0) is 19.3 Å². The third-order valence-corrected chi connectivity index (χ3v) is 1.75. The molecule has 0 aliphatic carbocycles. The minimum atomic E-state index is -0.479. The quantitative estimate of drug-likeness (QED) is 0.559. The van der Waals surface area contributed by atoms with Crippen LogP contribution in [-0.4, -0.2) is 49.2 Å². The SMILES string of the molecule is CONC(=O)COc1cc(OCC(=O)NOC)ncn1. The average molecular weight is 286 g/mol. The monoisotopic (exact) mass is 286 g/mol. The fourth-order valence-electron chi connectivity index (χ4n) is 1.05. The van der Waals surface area contributed by atoms with Crippen molar-refractivity contribution in [1.29, 1.82) is 0 Å². The molecule has 1 heterocycles. The van der Waals surface area contributed by atoms with Gasteiger partial charge in [-0.3, -0.25) is 19.3 Å². The summed E-state index contributed by atoms with van der Waals surface area (Å²) in [5.41, 5.74) is 4.16. The first-order chi connectivity index (χ1) is 9.65. The number of carbonyl (C=O) groups excluding carboxylic acids is 2. The fraction of sp³-hybridized carbons (Fsp3) is 0.400. The van der Waals surface area contributed by atoms with Crippen LogP contribution in [0.2, 0.25) is 0 Å². The summed E-state index contributed by atoms with van der Waals surface area (Å²) in [5.74, 6) is -0.720. The number of nitrogens with zero attached hydrogens (tertiary/aromatic N) is 2. The van der Waals surface area contributed by atoms with Crippen molar-refractivity contribution in [2.75, 3.05) is 27.4 Å². The lowest BCUT2D eigenvalue weighted by atomic mass is 10.6. The van der Waals surface area contributed by atoms with E-state index in [1.54, 1.807) is 0 Å². The molecule has 1 rings (SSSR count). The van der Waals surface area contributed by atoms with Gasteiger partial charge in [0, 0.05) is 0 Å². The van der Waals surface area contributed by atoms with Gasteiger partial charge in [-0.05, 0) is 0 Å². The van der Waals surface area contributed by atoms with Crippen LogP contribution in [0, 0.1) is 0 Å².